The molecule has 0 saturated heterocycles. The maximum Gasteiger partial charge on any atom is 0.257 e. The zero-order valence-electron chi connectivity index (χ0n) is 17.0. The third-order valence-corrected chi connectivity index (χ3v) is 6.94. The number of hydrogen-bond donors (Lipinski definition) is 3. The molecule has 0 bridgehead atoms. The number of carbonyl (C=O) groups excluding carboxylic acids is 2. The average molecular weight is 545 g/mol. The van der Waals surface area contributed by atoms with Crippen molar-refractivity contribution >= 4 is 75.3 Å². The van der Waals surface area contributed by atoms with Gasteiger partial charge in [-0.25, -0.2) is 8.78 Å². The quantitative estimate of drug-likeness (QED) is 0.249. The Kier molecular flexibility index (Phi) is 6.66. The minimum atomic E-state index is -1.31. The first-order valence-corrected chi connectivity index (χ1v) is 11.3. The molecule has 4 rings (SSSR count). The van der Waals surface area contributed by atoms with Crippen LogP contribution in [-0.4, -0.2) is 16.1 Å². The fourth-order valence-corrected chi connectivity index (χ4v) is 4.75. The monoisotopic (exact) mass is 543 g/mol. The van der Waals surface area contributed by atoms with E-state index in [1.807, 2.05) is 0 Å². The maximum atomic E-state index is 14.2. The minimum Gasteiger partial charge on any atom is -0.394 e. The molecule has 3 aromatic rings. The Hall–Kier alpha value is -2.58. The molecule has 0 radical (unpaired) electrons. The van der Waals surface area contributed by atoms with Crippen molar-refractivity contribution in [2.45, 2.75) is 10.3 Å². The fourth-order valence-electron chi connectivity index (χ4n) is 3.59. The third-order valence-electron chi connectivity index (χ3n) is 5.42. The summed E-state index contributed by atoms with van der Waals surface area (Å²) in [4.78, 5) is 25.5. The van der Waals surface area contributed by atoms with Crippen LogP contribution in [0.3, 0.4) is 0 Å². The lowest BCUT2D eigenvalue weighted by molar-refractivity contribution is -0.117. The van der Waals surface area contributed by atoms with E-state index in [2.05, 4.69) is 10.6 Å². The topological polar surface area (TPSA) is 84.2 Å². The zero-order valence-corrected chi connectivity index (χ0v) is 20.0. The van der Waals surface area contributed by atoms with Crippen molar-refractivity contribution in [2.75, 3.05) is 16.4 Å². The van der Waals surface area contributed by atoms with Crippen LogP contribution in [0.5, 0.6) is 0 Å². The molecular formula is C23H15Cl4F2N3O2. The number of carbonyl (C=O) groups is 2. The maximum absolute atomic E-state index is 14.2. The van der Waals surface area contributed by atoms with E-state index in [1.165, 1.54) is 18.2 Å². The fraction of sp³-hybridized carbons (Fsp3) is 0.130. The number of nitrogens with one attached hydrogen (secondary N) is 2. The molecule has 1 fully saturated rings. The van der Waals surface area contributed by atoms with Gasteiger partial charge < -0.3 is 16.4 Å². The first-order chi connectivity index (χ1) is 16.0. The molecule has 1 aliphatic carbocycles. The van der Waals surface area contributed by atoms with E-state index >= 15 is 0 Å². The van der Waals surface area contributed by atoms with Gasteiger partial charge in [0.05, 0.1) is 22.2 Å². The standard InChI is InChI=1S/C23H15Cl4F2N3O2/c24-11-3-1-10(2-4-11)17-18(23(17,26)27)22(34)31-12-5-6-14(25)13(9-12)21(33)32-16-8-7-15(28)20(30)19(16)29/h1-9,17-18H,30H2,(H,31,34)(H,32,33)/t17-,18+/m0/s1. The molecule has 5 nitrogen and oxygen atoms in total. The Bertz CT molecular complexity index is 1300. The Labute approximate surface area is 213 Å². The normalized spacial score (nSPS) is 18.3. The van der Waals surface area contributed by atoms with E-state index in [-0.39, 0.29) is 22.0 Å². The Morgan fingerprint density at radius 2 is 1.62 bits per heavy atom. The molecule has 11 heteroatoms. The molecule has 0 unspecified atom stereocenters. The summed E-state index contributed by atoms with van der Waals surface area (Å²) in [6.07, 6.45) is 0. The van der Waals surface area contributed by atoms with Gasteiger partial charge in [0, 0.05) is 16.6 Å². The van der Waals surface area contributed by atoms with Crippen molar-refractivity contribution < 1.29 is 18.4 Å². The summed E-state index contributed by atoms with van der Waals surface area (Å²) in [5.74, 6) is -4.52. The molecule has 0 aliphatic heterocycles. The number of nitrogen functional groups attached to an aromatic ring is 1. The number of rotatable bonds is 5. The van der Waals surface area contributed by atoms with Gasteiger partial charge in [-0.15, -0.1) is 23.2 Å². The average Bonchev–Trinajstić information content (AvgIpc) is 3.37. The molecule has 2 atom stereocenters. The van der Waals surface area contributed by atoms with Crippen LogP contribution in [0.1, 0.15) is 21.8 Å². The number of anilines is 3. The molecule has 0 heterocycles. The van der Waals surface area contributed by atoms with Crippen LogP contribution >= 0.6 is 46.4 Å². The van der Waals surface area contributed by atoms with E-state index in [1.54, 1.807) is 24.3 Å². The molecule has 1 aliphatic rings. The van der Waals surface area contributed by atoms with Gasteiger partial charge in [-0.05, 0) is 48.0 Å². The molecule has 0 aromatic heterocycles. The first-order valence-electron chi connectivity index (χ1n) is 9.79. The number of halogens is 6. The van der Waals surface area contributed by atoms with Gasteiger partial charge >= 0.3 is 0 Å². The Morgan fingerprint density at radius 1 is 0.941 bits per heavy atom. The SMILES string of the molecule is Nc1c(F)ccc(NC(=O)c2cc(NC(=O)[C@H]3[C@H](c4ccc(Cl)cc4)C3(Cl)Cl)ccc2Cl)c1F. The van der Waals surface area contributed by atoms with Crippen LogP contribution in [0.2, 0.25) is 10.0 Å². The Morgan fingerprint density at radius 3 is 2.29 bits per heavy atom. The van der Waals surface area contributed by atoms with E-state index in [0.29, 0.717) is 5.02 Å². The van der Waals surface area contributed by atoms with E-state index in [0.717, 1.165) is 17.7 Å². The van der Waals surface area contributed by atoms with Gasteiger partial charge in [0.2, 0.25) is 5.91 Å². The smallest absolute Gasteiger partial charge is 0.257 e. The molecule has 0 spiro atoms. The van der Waals surface area contributed by atoms with Crippen molar-refractivity contribution in [1.82, 2.24) is 0 Å². The highest BCUT2D eigenvalue weighted by Gasteiger charge is 2.67. The second-order valence-corrected chi connectivity index (χ2v) is 9.93. The summed E-state index contributed by atoms with van der Waals surface area (Å²) in [5, 5.41) is 5.53. The van der Waals surface area contributed by atoms with Crippen LogP contribution in [-0.2, 0) is 4.79 Å². The number of amides is 2. The van der Waals surface area contributed by atoms with E-state index in [4.69, 9.17) is 52.1 Å². The molecule has 2 amide bonds. The number of benzene rings is 3. The summed E-state index contributed by atoms with van der Waals surface area (Å²) in [6, 6.07) is 13.0. The predicted octanol–water partition coefficient (Wildman–Crippen LogP) is 6.63. The van der Waals surface area contributed by atoms with Crippen LogP contribution in [0, 0.1) is 17.6 Å². The van der Waals surface area contributed by atoms with Gasteiger partial charge in [-0.3, -0.25) is 9.59 Å². The van der Waals surface area contributed by atoms with Crippen LogP contribution in [0.4, 0.5) is 25.8 Å². The van der Waals surface area contributed by atoms with Crippen molar-refractivity contribution in [1.29, 1.82) is 0 Å². The van der Waals surface area contributed by atoms with Crippen molar-refractivity contribution in [3.05, 3.63) is 87.4 Å². The summed E-state index contributed by atoms with van der Waals surface area (Å²) in [6.45, 7) is 0. The molecule has 34 heavy (non-hydrogen) atoms. The van der Waals surface area contributed by atoms with Crippen molar-refractivity contribution in [3.63, 3.8) is 0 Å². The van der Waals surface area contributed by atoms with Crippen molar-refractivity contribution in [3.8, 4) is 0 Å². The second kappa shape index (κ2) is 9.23. The molecule has 1 saturated carbocycles. The second-order valence-electron chi connectivity index (χ2n) is 7.64. The van der Waals surface area contributed by atoms with Gasteiger partial charge in [0.1, 0.15) is 15.8 Å². The highest BCUT2D eigenvalue weighted by atomic mass is 35.5. The summed E-state index contributed by atoms with van der Waals surface area (Å²) in [7, 11) is 0. The van der Waals surface area contributed by atoms with Crippen LogP contribution in [0.25, 0.3) is 0 Å². The number of alkyl halides is 2. The molecular weight excluding hydrogens is 530 g/mol. The largest absolute Gasteiger partial charge is 0.394 e. The van der Waals surface area contributed by atoms with E-state index < -0.39 is 45.3 Å². The predicted molar refractivity (Wildman–Crippen MR) is 131 cm³/mol. The van der Waals surface area contributed by atoms with Crippen LogP contribution < -0.4 is 16.4 Å². The van der Waals surface area contributed by atoms with Crippen molar-refractivity contribution in [2.24, 2.45) is 5.92 Å². The Balaban J connectivity index is 1.51. The highest BCUT2D eigenvalue weighted by molar-refractivity contribution is 6.53. The van der Waals surface area contributed by atoms with Crippen LogP contribution in [0.15, 0.2) is 54.6 Å². The summed E-state index contributed by atoms with van der Waals surface area (Å²) >= 11 is 24.7. The molecule has 176 valence electrons. The van der Waals surface area contributed by atoms with Gasteiger partial charge in [0.25, 0.3) is 5.91 Å². The number of hydrogen-bond acceptors (Lipinski definition) is 3. The van der Waals surface area contributed by atoms with Gasteiger partial charge in [-0.2, -0.15) is 0 Å². The lowest BCUT2D eigenvalue weighted by Crippen LogP contribution is -2.18. The number of nitrogens with two attached hydrogens (primary N) is 1. The third kappa shape index (κ3) is 4.66. The van der Waals surface area contributed by atoms with E-state index in [9.17, 15) is 18.4 Å². The summed E-state index contributed by atoms with van der Waals surface area (Å²) < 4.78 is 26.2. The summed E-state index contributed by atoms with van der Waals surface area (Å²) in [5.41, 5.74) is 5.20. The highest BCUT2D eigenvalue weighted by Crippen LogP contribution is 2.65. The van der Waals surface area contributed by atoms with Gasteiger partial charge in [0.15, 0.2) is 5.82 Å². The minimum absolute atomic E-state index is 0.0421. The molecule has 4 N–H and O–H groups in total. The van der Waals surface area contributed by atoms with Gasteiger partial charge in [-0.1, -0.05) is 35.3 Å². The first kappa shape index (κ1) is 24.5. The molecule has 3 aromatic carbocycles. The zero-order chi connectivity index (χ0) is 24.8. The lowest BCUT2D eigenvalue weighted by Gasteiger charge is -2.11. The lowest BCUT2D eigenvalue weighted by atomic mass is 10.1.